The summed E-state index contributed by atoms with van der Waals surface area (Å²) in [7, 11) is 0. The molecule has 0 amide bonds. The van der Waals surface area contributed by atoms with Gasteiger partial charge < -0.3 is 0 Å². The molecule has 2 rings (SSSR count). The van der Waals surface area contributed by atoms with Crippen molar-refractivity contribution in [3.63, 3.8) is 0 Å². The van der Waals surface area contributed by atoms with Crippen molar-refractivity contribution < 1.29 is 0 Å². The van der Waals surface area contributed by atoms with Gasteiger partial charge in [-0.25, -0.2) is 0 Å². The van der Waals surface area contributed by atoms with Crippen LogP contribution in [0, 0.1) is 5.41 Å². The zero-order chi connectivity index (χ0) is 13.2. The van der Waals surface area contributed by atoms with Gasteiger partial charge in [0.25, 0.3) is 0 Å². The first kappa shape index (κ1) is 14.1. The third kappa shape index (κ3) is 3.17. The minimum absolute atomic E-state index is 0.362. The van der Waals surface area contributed by atoms with Crippen LogP contribution in [0.25, 0.3) is 0 Å². The Hall–Kier alpha value is -0.300. The second-order valence-electron chi connectivity index (χ2n) is 6.40. The van der Waals surface area contributed by atoms with Crippen LogP contribution >= 0.6 is 15.9 Å². The molecule has 0 bridgehead atoms. The second-order valence-corrected chi connectivity index (χ2v) is 7.36. The summed E-state index contributed by atoms with van der Waals surface area (Å²) in [6, 6.07) is 0. The Labute approximate surface area is 120 Å². The third-order valence-electron chi connectivity index (χ3n) is 4.43. The van der Waals surface area contributed by atoms with Crippen LogP contribution in [0.15, 0.2) is 33.4 Å². The largest absolute Gasteiger partial charge is 0.0696 e. The molecule has 100 valence electrons. The van der Waals surface area contributed by atoms with E-state index in [1.165, 1.54) is 55.0 Å². The molecule has 0 saturated carbocycles. The van der Waals surface area contributed by atoms with Crippen LogP contribution in [0.5, 0.6) is 0 Å². The molecule has 0 unspecified atom stereocenters. The minimum Gasteiger partial charge on any atom is -0.0696 e. The molecule has 0 spiro atoms. The molecule has 2 aliphatic rings. The number of rotatable bonds is 2. The Morgan fingerprint density at radius 2 is 1.72 bits per heavy atom. The van der Waals surface area contributed by atoms with E-state index in [1.54, 1.807) is 11.1 Å². The maximum atomic E-state index is 3.74. The molecule has 0 N–H and O–H groups in total. The summed E-state index contributed by atoms with van der Waals surface area (Å²) in [5.74, 6) is 0. The molecule has 0 radical (unpaired) electrons. The molecule has 0 nitrogen and oxygen atoms in total. The lowest BCUT2D eigenvalue weighted by molar-refractivity contribution is 0.377. The molecule has 2 aliphatic carbocycles. The average molecular weight is 309 g/mol. The van der Waals surface area contributed by atoms with Crippen LogP contribution < -0.4 is 0 Å². The molecular weight excluding hydrogens is 284 g/mol. The van der Waals surface area contributed by atoms with Crippen molar-refractivity contribution in [2.45, 2.75) is 65.7 Å². The van der Waals surface area contributed by atoms with E-state index in [0.29, 0.717) is 5.41 Å². The maximum absolute atomic E-state index is 3.74. The van der Waals surface area contributed by atoms with Crippen LogP contribution in [-0.2, 0) is 0 Å². The lowest BCUT2D eigenvalue weighted by atomic mass is 9.72. The highest BCUT2D eigenvalue weighted by Crippen LogP contribution is 2.41. The number of hydrogen-bond donors (Lipinski definition) is 0. The van der Waals surface area contributed by atoms with E-state index in [2.05, 4.69) is 48.9 Å². The van der Waals surface area contributed by atoms with Crippen LogP contribution in [0.2, 0.25) is 0 Å². The first-order chi connectivity index (χ1) is 8.50. The summed E-state index contributed by atoms with van der Waals surface area (Å²) in [5.41, 5.74) is 5.05. The fourth-order valence-electron chi connectivity index (χ4n) is 3.26. The lowest BCUT2D eigenvalue weighted by Crippen LogP contribution is -2.19. The van der Waals surface area contributed by atoms with E-state index in [-0.39, 0.29) is 0 Å². The lowest BCUT2D eigenvalue weighted by Gasteiger charge is -2.33. The van der Waals surface area contributed by atoms with Gasteiger partial charge in [0.05, 0.1) is 0 Å². The van der Waals surface area contributed by atoms with Crippen LogP contribution in [0.1, 0.15) is 65.7 Å². The Bertz CT molecular complexity index is 407. The van der Waals surface area contributed by atoms with Crippen LogP contribution in [-0.4, -0.2) is 0 Å². The standard InChI is InChI=1S/C17H25Br/c1-13-7-6-12-17(2,3)15(13)11-10-14-8-4-5-9-16(14)18/h10-11H,4-9,12H2,1-3H3/b11-10+. The monoisotopic (exact) mass is 308 g/mol. The molecule has 1 heteroatoms. The second kappa shape index (κ2) is 5.77. The summed E-state index contributed by atoms with van der Waals surface area (Å²) in [6.07, 6.45) is 13.9. The summed E-state index contributed by atoms with van der Waals surface area (Å²) in [5, 5.41) is 0. The van der Waals surface area contributed by atoms with Crippen LogP contribution in [0.4, 0.5) is 0 Å². The molecule has 0 heterocycles. The van der Waals surface area contributed by atoms with E-state index in [1.807, 2.05) is 0 Å². The summed E-state index contributed by atoms with van der Waals surface area (Å²) in [6.45, 7) is 7.09. The van der Waals surface area contributed by atoms with Gasteiger partial charge in [0, 0.05) is 0 Å². The minimum atomic E-state index is 0.362. The fraction of sp³-hybridized carbons (Fsp3) is 0.647. The van der Waals surface area contributed by atoms with E-state index < -0.39 is 0 Å². The third-order valence-corrected chi connectivity index (χ3v) is 5.34. The highest BCUT2D eigenvalue weighted by atomic mass is 79.9. The van der Waals surface area contributed by atoms with Crippen molar-refractivity contribution in [3.05, 3.63) is 33.4 Å². The molecule has 0 aromatic heterocycles. The first-order valence-electron chi connectivity index (χ1n) is 7.26. The number of allylic oxidation sites excluding steroid dienone is 6. The topological polar surface area (TPSA) is 0 Å². The molecular formula is C17H25Br. The highest BCUT2D eigenvalue weighted by Gasteiger charge is 2.26. The van der Waals surface area contributed by atoms with Gasteiger partial charge in [0.2, 0.25) is 0 Å². The molecule has 0 fully saturated rings. The Balaban J connectivity index is 2.22. The van der Waals surface area contributed by atoms with Gasteiger partial charge in [-0.3, -0.25) is 0 Å². The van der Waals surface area contributed by atoms with E-state index in [9.17, 15) is 0 Å². The van der Waals surface area contributed by atoms with Crippen molar-refractivity contribution in [1.29, 1.82) is 0 Å². The van der Waals surface area contributed by atoms with E-state index >= 15 is 0 Å². The van der Waals surface area contributed by atoms with Crippen LogP contribution in [0.3, 0.4) is 0 Å². The molecule has 0 aliphatic heterocycles. The Morgan fingerprint density at radius 3 is 2.39 bits per heavy atom. The van der Waals surface area contributed by atoms with Gasteiger partial charge in [-0.05, 0) is 72.9 Å². The normalized spacial score (nSPS) is 25.1. The van der Waals surface area contributed by atoms with Gasteiger partial charge in [0.1, 0.15) is 0 Å². The fourth-order valence-corrected chi connectivity index (χ4v) is 3.87. The van der Waals surface area contributed by atoms with Gasteiger partial charge in [-0.1, -0.05) is 47.5 Å². The van der Waals surface area contributed by atoms with Gasteiger partial charge in [-0.15, -0.1) is 0 Å². The zero-order valence-corrected chi connectivity index (χ0v) is 13.6. The summed E-state index contributed by atoms with van der Waals surface area (Å²) >= 11 is 3.74. The van der Waals surface area contributed by atoms with E-state index in [0.717, 1.165) is 0 Å². The van der Waals surface area contributed by atoms with Gasteiger partial charge in [0.15, 0.2) is 0 Å². The van der Waals surface area contributed by atoms with Crippen molar-refractivity contribution in [2.75, 3.05) is 0 Å². The van der Waals surface area contributed by atoms with Crippen molar-refractivity contribution in [3.8, 4) is 0 Å². The number of halogens is 1. The van der Waals surface area contributed by atoms with Crippen molar-refractivity contribution in [2.24, 2.45) is 5.41 Å². The molecule has 0 aromatic carbocycles. The SMILES string of the molecule is CC1=C(/C=C/C2=C(Br)CCCC2)C(C)(C)CCC1. The average Bonchev–Trinajstić information content (AvgIpc) is 2.30. The predicted molar refractivity (Wildman–Crippen MR) is 83.9 cm³/mol. The Kier molecular flexibility index (Phi) is 4.53. The summed E-state index contributed by atoms with van der Waals surface area (Å²) < 4.78 is 1.43. The van der Waals surface area contributed by atoms with Crippen molar-refractivity contribution in [1.82, 2.24) is 0 Å². The first-order valence-corrected chi connectivity index (χ1v) is 8.06. The van der Waals surface area contributed by atoms with Gasteiger partial charge in [-0.2, -0.15) is 0 Å². The quantitative estimate of drug-likeness (QED) is 0.562. The zero-order valence-electron chi connectivity index (χ0n) is 12.0. The molecule has 18 heavy (non-hydrogen) atoms. The maximum Gasteiger partial charge on any atom is -0.00174 e. The Morgan fingerprint density at radius 1 is 1.00 bits per heavy atom. The molecule has 0 atom stereocenters. The molecule has 0 aromatic rings. The predicted octanol–water partition coefficient (Wildman–Crippen LogP) is 6.29. The molecule has 0 saturated heterocycles. The van der Waals surface area contributed by atoms with E-state index in [4.69, 9.17) is 0 Å². The van der Waals surface area contributed by atoms with Crippen molar-refractivity contribution >= 4 is 15.9 Å². The van der Waals surface area contributed by atoms with Gasteiger partial charge >= 0.3 is 0 Å². The summed E-state index contributed by atoms with van der Waals surface area (Å²) in [4.78, 5) is 0. The smallest absolute Gasteiger partial charge is 0.00174 e. The highest BCUT2D eigenvalue weighted by molar-refractivity contribution is 9.11. The number of hydrogen-bond acceptors (Lipinski definition) is 0.